The van der Waals surface area contributed by atoms with Crippen molar-refractivity contribution in [3.05, 3.63) is 53.1 Å². The van der Waals surface area contributed by atoms with Gasteiger partial charge in [0.1, 0.15) is 24.7 Å². The molecule has 3 nitrogen and oxygen atoms in total. The van der Waals surface area contributed by atoms with Gasteiger partial charge in [0.25, 0.3) is 0 Å². The molecule has 0 aromatic heterocycles. The van der Waals surface area contributed by atoms with Gasteiger partial charge >= 0.3 is 0 Å². The van der Waals surface area contributed by atoms with Crippen LogP contribution in [0.25, 0.3) is 0 Å². The lowest BCUT2D eigenvalue weighted by atomic mass is 10.1. The highest BCUT2D eigenvalue weighted by atomic mass is 16.5. The topological polar surface area (TPSA) is 44.5 Å². The number of aryl methyl sites for hydroxylation is 3. The molecule has 2 aromatic carbocycles. The van der Waals surface area contributed by atoms with Crippen LogP contribution in [-0.4, -0.2) is 13.2 Å². The second-order valence-corrected chi connectivity index (χ2v) is 5.01. The molecule has 0 atom stereocenters. The van der Waals surface area contributed by atoms with Crippen LogP contribution in [-0.2, 0) is 0 Å². The van der Waals surface area contributed by atoms with Gasteiger partial charge in [-0.1, -0.05) is 23.8 Å². The molecule has 0 fully saturated rings. The summed E-state index contributed by atoms with van der Waals surface area (Å²) in [6.07, 6.45) is 0. The van der Waals surface area contributed by atoms with Crippen LogP contribution in [0.2, 0.25) is 0 Å². The second kappa shape index (κ2) is 6.33. The Morgan fingerprint density at radius 1 is 0.800 bits per heavy atom. The van der Waals surface area contributed by atoms with Gasteiger partial charge in [0.2, 0.25) is 0 Å². The van der Waals surface area contributed by atoms with Crippen molar-refractivity contribution in [3.8, 4) is 11.5 Å². The molecule has 0 unspecified atom stereocenters. The van der Waals surface area contributed by atoms with Crippen molar-refractivity contribution < 1.29 is 9.47 Å². The maximum atomic E-state index is 5.86. The van der Waals surface area contributed by atoms with E-state index in [0.29, 0.717) is 24.7 Å². The van der Waals surface area contributed by atoms with Crippen LogP contribution in [0, 0.1) is 20.8 Å². The monoisotopic (exact) mass is 271 g/mol. The lowest BCUT2D eigenvalue weighted by Crippen LogP contribution is -2.10. The normalized spacial score (nSPS) is 10.3. The molecule has 0 amide bonds. The molecule has 2 aromatic rings. The summed E-state index contributed by atoms with van der Waals surface area (Å²) in [5.41, 5.74) is 10.0. The molecule has 106 valence electrons. The van der Waals surface area contributed by atoms with Gasteiger partial charge in [-0.2, -0.15) is 0 Å². The molecule has 2 rings (SSSR count). The first kappa shape index (κ1) is 14.3. The summed E-state index contributed by atoms with van der Waals surface area (Å²) in [7, 11) is 0. The van der Waals surface area contributed by atoms with E-state index in [0.717, 1.165) is 16.9 Å². The van der Waals surface area contributed by atoms with Crippen molar-refractivity contribution in [1.29, 1.82) is 0 Å². The van der Waals surface area contributed by atoms with Gasteiger partial charge in [-0.3, -0.25) is 0 Å². The average Bonchev–Trinajstić information content (AvgIpc) is 2.40. The predicted molar refractivity (Wildman–Crippen MR) is 82.5 cm³/mol. The fourth-order valence-electron chi connectivity index (χ4n) is 2.03. The van der Waals surface area contributed by atoms with Crippen molar-refractivity contribution in [3.63, 3.8) is 0 Å². The van der Waals surface area contributed by atoms with Crippen molar-refractivity contribution in [1.82, 2.24) is 0 Å². The molecule has 0 saturated carbocycles. The quantitative estimate of drug-likeness (QED) is 0.667. The molecule has 0 spiro atoms. The Bertz CT molecular complexity index is 594. The molecule has 0 aliphatic heterocycles. The molecule has 0 saturated heterocycles. The Hall–Kier alpha value is -2.16. The van der Waals surface area contributed by atoms with Gasteiger partial charge in [0.05, 0.1) is 5.69 Å². The van der Waals surface area contributed by atoms with Crippen LogP contribution in [0.4, 0.5) is 5.69 Å². The van der Waals surface area contributed by atoms with Crippen LogP contribution < -0.4 is 15.2 Å². The summed E-state index contributed by atoms with van der Waals surface area (Å²) >= 11 is 0. The number of benzene rings is 2. The van der Waals surface area contributed by atoms with Crippen molar-refractivity contribution in [2.24, 2.45) is 0 Å². The lowest BCUT2D eigenvalue weighted by molar-refractivity contribution is 0.217. The summed E-state index contributed by atoms with van der Waals surface area (Å²) in [4.78, 5) is 0. The van der Waals surface area contributed by atoms with E-state index in [1.165, 1.54) is 5.56 Å². The number of rotatable bonds is 5. The van der Waals surface area contributed by atoms with E-state index >= 15 is 0 Å². The summed E-state index contributed by atoms with van der Waals surface area (Å²) < 4.78 is 11.4. The third kappa shape index (κ3) is 3.67. The number of ether oxygens (including phenoxy) is 2. The molecule has 0 aliphatic rings. The third-order valence-corrected chi connectivity index (χ3v) is 3.10. The maximum Gasteiger partial charge on any atom is 0.142 e. The number of nitrogen functional groups attached to an aromatic ring is 1. The highest BCUT2D eigenvalue weighted by Gasteiger charge is 2.02. The molecule has 0 radical (unpaired) electrons. The van der Waals surface area contributed by atoms with E-state index in [1.54, 1.807) is 0 Å². The fourth-order valence-corrected chi connectivity index (χ4v) is 2.03. The standard InChI is InChI=1S/C17H21NO2/c1-12-5-7-16(14(3)10-12)19-8-9-20-17-11-13(2)4-6-15(17)18/h4-7,10-11H,8-9,18H2,1-3H3. The Labute approximate surface area is 120 Å². The molecular formula is C17H21NO2. The van der Waals surface area contributed by atoms with E-state index in [1.807, 2.05) is 44.2 Å². The van der Waals surface area contributed by atoms with Crippen molar-refractivity contribution in [2.45, 2.75) is 20.8 Å². The van der Waals surface area contributed by atoms with Crippen LogP contribution in [0.1, 0.15) is 16.7 Å². The molecule has 0 aliphatic carbocycles. The summed E-state index contributed by atoms with van der Waals surface area (Å²) in [5, 5.41) is 0. The molecular weight excluding hydrogens is 250 g/mol. The van der Waals surface area contributed by atoms with Crippen LogP contribution in [0.3, 0.4) is 0 Å². The largest absolute Gasteiger partial charge is 0.490 e. The predicted octanol–water partition coefficient (Wildman–Crippen LogP) is 3.65. The minimum absolute atomic E-state index is 0.473. The highest BCUT2D eigenvalue weighted by Crippen LogP contribution is 2.22. The number of hydrogen-bond acceptors (Lipinski definition) is 3. The summed E-state index contributed by atoms with van der Waals surface area (Å²) in [6.45, 7) is 7.10. The Morgan fingerprint density at radius 3 is 2.10 bits per heavy atom. The average molecular weight is 271 g/mol. The van der Waals surface area contributed by atoms with Crippen LogP contribution >= 0.6 is 0 Å². The molecule has 3 heteroatoms. The first-order valence-corrected chi connectivity index (χ1v) is 6.75. The van der Waals surface area contributed by atoms with E-state index < -0.39 is 0 Å². The number of nitrogens with two attached hydrogens (primary N) is 1. The van der Waals surface area contributed by atoms with Gasteiger partial charge in [-0.15, -0.1) is 0 Å². The minimum Gasteiger partial charge on any atom is -0.490 e. The summed E-state index contributed by atoms with van der Waals surface area (Å²) in [6, 6.07) is 11.9. The van der Waals surface area contributed by atoms with Gasteiger partial charge in [-0.25, -0.2) is 0 Å². The SMILES string of the molecule is Cc1ccc(OCCOc2cc(C)ccc2N)c(C)c1. The van der Waals surface area contributed by atoms with Gasteiger partial charge in [0.15, 0.2) is 0 Å². The van der Waals surface area contributed by atoms with E-state index in [2.05, 4.69) is 13.0 Å². The first-order valence-electron chi connectivity index (χ1n) is 6.75. The maximum absolute atomic E-state index is 5.86. The Balaban J connectivity index is 1.86. The van der Waals surface area contributed by atoms with E-state index in [9.17, 15) is 0 Å². The second-order valence-electron chi connectivity index (χ2n) is 5.01. The Kier molecular flexibility index (Phi) is 4.51. The van der Waals surface area contributed by atoms with E-state index in [-0.39, 0.29) is 0 Å². The van der Waals surface area contributed by atoms with Gasteiger partial charge in [0, 0.05) is 0 Å². The van der Waals surface area contributed by atoms with Gasteiger partial charge in [-0.05, 0) is 50.1 Å². The van der Waals surface area contributed by atoms with E-state index in [4.69, 9.17) is 15.2 Å². The first-order chi connectivity index (χ1) is 9.56. The van der Waals surface area contributed by atoms with Crippen molar-refractivity contribution in [2.75, 3.05) is 18.9 Å². The molecule has 20 heavy (non-hydrogen) atoms. The number of anilines is 1. The number of hydrogen-bond donors (Lipinski definition) is 1. The molecule has 0 heterocycles. The third-order valence-electron chi connectivity index (χ3n) is 3.10. The van der Waals surface area contributed by atoms with Crippen LogP contribution in [0.5, 0.6) is 11.5 Å². The summed E-state index contributed by atoms with van der Waals surface area (Å²) in [5.74, 6) is 1.62. The zero-order valence-corrected chi connectivity index (χ0v) is 12.3. The molecule has 0 bridgehead atoms. The minimum atomic E-state index is 0.473. The zero-order chi connectivity index (χ0) is 14.5. The van der Waals surface area contributed by atoms with Gasteiger partial charge < -0.3 is 15.2 Å². The van der Waals surface area contributed by atoms with Crippen molar-refractivity contribution >= 4 is 5.69 Å². The molecule has 2 N–H and O–H groups in total. The lowest BCUT2D eigenvalue weighted by Gasteiger charge is -2.12. The zero-order valence-electron chi connectivity index (χ0n) is 12.3. The fraction of sp³-hybridized carbons (Fsp3) is 0.294. The van der Waals surface area contributed by atoms with Crippen LogP contribution in [0.15, 0.2) is 36.4 Å². The Morgan fingerprint density at radius 2 is 1.40 bits per heavy atom. The highest BCUT2D eigenvalue weighted by molar-refractivity contribution is 5.53. The smallest absolute Gasteiger partial charge is 0.142 e.